The van der Waals surface area contributed by atoms with E-state index in [1.165, 1.54) is 7.11 Å². The first-order valence-electron chi connectivity index (χ1n) is 7.33. The molecule has 0 saturated heterocycles. The van der Waals surface area contributed by atoms with Crippen molar-refractivity contribution in [2.24, 2.45) is 0 Å². The van der Waals surface area contributed by atoms with Crippen LogP contribution in [0.2, 0.25) is 0 Å². The van der Waals surface area contributed by atoms with Gasteiger partial charge in [-0.05, 0) is 12.8 Å². The molecule has 0 radical (unpaired) electrons. The molecule has 1 rings (SSSR count). The Labute approximate surface area is 141 Å². The molecule has 23 heavy (non-hydrogen) atoms. The first kappa shape index (κ1) is 20.4. The quantitative estimate of drug-likeness (QED) is 0.533. The molecule has 0 saturated carbocycles. The molecule has 1 aliphatic rings. The van der Waals surface area contributed by atoms with Gasteiger partial charge in [0.2, 0.25) is 0 Å². The fourth-order valence-electron chi connectivity index (χ4n) is 2.42. The molecule has 0 spiro atoms. The van der Waals surface area contributed by atoms with Gasteiger partial charge in [0.1, 0.15) is 18.3 Å². The minimum absolute atomic E-state index is 0.0142. The lowest BCUT2D eigenvalue weighted by Gasteiger charge is -2.36. The summed E-state index contributed by atoms with van der Waals surface area (Å²) in [5.74, 6) is -0.739. The Morgan fingerprint density at radius 2 is 1.96 bits per heavy atom. The van der Waals surface area contributed by atoms with E-state index in [4.69, 9.17) is 20.5 Å². The van der Waals surface area contributed by atoms with Gasteiger partial charge in [0.25, 0.3) is 10.1 Å². The summed E-state index contributed by atoms with van der Waals surface area (Å²) in [6.07, 6.45) is -1.48. The summed E-state index contributed by atoms with van der Waals surface area (Å²) < 4.78 is 38.4. The number of aliphatic hydroxyl groups is 1. The topological polar surface area (TPSA) is 99.1 Å². The smallest absolute Gasteiger partial charge is 0.335 e. The number of halogens is 1. The average molecular weight is 371 g/mol. The summed E-state index contributed by atoms with van der Waals surface area (Å²) >= 11 is 6.05. The zero-order valence-corrected chi connectivity index (χ0v) is 15.2. The number of methoxy groups -OCH3 is 1. The summed E-state index contributed by atoms with van der Waals surface area (Å²) in [7, 11) is -2.64. The second-order valence-corrected chi connectivity index (χ2v) is 7.35. The van der Waals surface area contributed by atoms with Crippen LogP contribution in [0, 0.1) is 0 Å². The summed E-state index contributed by atoms with van der Waals surface area (Å²) in [4.78, 5) is 11.8. The summed E-state index contributed by atoms with van der Waals surface area (Å²) in [5.41, 5.74) is -0.0142. The van der Waals surface area contributed by atoms with Gasteiger partial charge in [-0.3, -0.25) is 4.18 Å². The Morgan fingerprint density at radius 1 is 1.39 bits per heavy atom. The molecule has 7 nitrogen and oxygen atoms in total. The molecule has 0 aromatic carbocycles. The predicted octanol–water partition coefficient (Wildman–Crippen LogP) is 1.34. The lowest BCUT2D eigenvalue weighted by atomic mass is 9.91. The van der Waals surface area contributed by atoms with Crippen LogP contribution in [0.3, 0.4) is 0 Å². The van der Waals surface area contributed by atoms with Gasteiger partial charge in [0.05, 0.1) is 30.1 Å². The van der Waals surface area contributed by atoms with Crippen LogP contribution in [0.1, 0.15) is 33.1 Å². The van der Waals surface area contributed by atoms with Gasteiger partial charge in [0.15, 0.2) is 0 Å². The second kappa shape index (κ2) is 8.43. The molecule has 3 atom stereocenters. The van der Waals surface area contributed by atoms with E-state index in [1.807, 2.05) is 13.8 Å². The van der Waals surface area contributed by atoms with Crippen LogP contribution in [0.25, 0.3) is 0 Å². The molecule has 134 valence electrons. The van der Waals surface area contributed by atoms with Gasteiger partial charge in [-0.2, -0.15) is 8.42 Å². The molecule has 0 aromatic heterocycles. The van der Waals surface area contributed by atoms with Gasteiger partial charge in [0, 0.05) is 6.42 Å². The SMILES string of the molecule is CCC(CC)O[C@@H]1[C@H](O)C(Cl)=C(C(=O)OC)C[C@H]1OS(C)(=O)=O. The van der Waals surface area contributed by atoms with E-state index in [-0.39, 0.29) is 23.1 Å². The number of carbonyl (C=O) groups is 1. The maximum Gasteiger partial charge on any atom is 0.335 e. The van der Waals surface area contributed by atoms with Crippen molar-refractivity contribution in [2.75, 3.05) is 13.4 Å². The lowest BCUT2D eigenvalue weighted by molar-refractivity contribution is -0.140. The van der Waals surface area contributed by atoms with E-state index < -0.39 is 34.4 Å². The summed E-state index contributed by atoms with van der Waals surface area (Å²) in [6, 6.07) is 0. The van der Waals surface area contributed by atoms with E-state index >= 15 is 0 Å². The minimum atomic E-state index is -3.81. The molecule has 0 aromatic rings. The van der Waals surface area contributed by atoms with Crippen molar-refractivity contribution in [3.05, 3.63) is 10.6 Å². The third-order valence-electron chi connectivity index (χ3n) is 3.62. The molecular weight excluding hydrogens is 348 g/mol. The van der Waals surface area contributed by atoms with Crippen molar-refractivity contribution in [3.63, 3.8) is 0 Å². The van der Waals surface area contributed by atoms with E-state index in [9.17, 15) is 18.3 Å². The Morgan fingerprint density at radius 3 is 2.39 bits per heavy atom. The van der Waals surface area contributed by atoms with E-state index in [0.717, 1.165) is 6.26 Å². The van der Waals surface area contributed by atoms with Gasteiger partial charge in [-0.15, -0.1) is 0 Å². The van der Waals surface area contributed by atoms with Crippen LogP contribution >= 0.6 is 11.6 Å². The van der Waals surface area contributed by atoms with Gasteiger partial charge < -0.3 is 14.6 Å². The van der Waals surface area contributed by atoms with E-state index in [1.54, 1.807) is 0 Å². The second-order valence-electron chi connectivity index (χ2n) is 5.35. The summed E-state index contributed by atoms with van der Waals surface area (Å²) in [5, 5.41) is 10.3. The Balaban J connectivity index is 3.17. The maximum atomic E-state index is 11.8. The minimum Gasteiger partial charge on any atom is -0.466 e. The zero-order chi connectivity index (χ0) is 17.8. The van der Waals surface area contributed by atoms with Crippen LogP contribution in [-0.4, -0.2) is 57.3 Å². The van der Waals surface area contributed by atoms with Gasteiger partial charge in [-0.1, -0.05) is 25.4 Å². The highest BCUT2D eigenvalue weighted by Crippen LogP contribution is 2.34. The van der Waals surface area contributed by atoms with Crippen LogP contribution < -0.4 is 0 Å². The van der Waals surface area contributed by atoms with Crippen molar-refractivity contribution >= 4 is 27.7 Å². The number of ether oxygens (including phenoxy) is 2. The van der Waals surface area contributed by atoms with Crippen LogP contribution in [0.4, 0.5) is 0 Å². The van der Waals surface area contributed by atoms with Crippen LogP contribution in [-0.2, 0) is 28.6 Å². The van der Waals surface area contributed by atoms with Crippen LogP contribution in [0.5, 0.6) is 0 Å². The molecule has 0 bridgehead atoms. The average Bonchev–Trinajstić information content (AvgIpc) is 2.48. The van der Waals surface area contributed by atoms with Gasteiger partial charge >= 0.3 is 5.97 Å². The van der Waals surface area contributed by atoms with Gasteiger partial charge in [-0.25, -0.2) is 4.79 Å². The standard InChI is InChI=1S/C14H23ClO7S/c1-5-8(6-2)21-13-10(22-23(4,18)19)7-9(14(17)20-3)11(15)12(13)16/h8,10,12-13,16H,5-7H2,1-4H3/t10-,12-,13+/m1/s1. The Kier molecular flexibility index (Phi) is 7.47. The number of carbonyl (C=O) groups excluding carboxylic acids is 1. The van der Waals surface area contributed by atoms with Crippen LogP contribution in [0.15, 0.2) is 10.6 Å². The first-order valence-corrected chi connectivity index (χ1v) is 9.52. The van der Waals surface area contributed by atoms with Crippen molar-refractivity contribution < 1.29 is 32.0 Å². The molecule has 1 N–H and O–H groups in total. The van der Waals surface area contributed by atoms with Crippen molar-refractivity contribution in [2.45, 2.75) is 57.5 Å². The largest absolute Gasteiger partial charge is 0.466 e. The molecule has 1 aliphatic carbocycles. The number of hydrogen-bond donors (Lipinski definition) is 1. The molecular formula is C14H23ClO7S. The molecule has 0 heterocycles. The molecule has 0 aliphatic heterocycles. The number of rotatable bonds is 7. The highest BCUT2D eigenvalue weighted by atomic mass is 35.5. The van der Waals surface area contributed by atoms with E-state index in [0.29, 0.717) is 12.8 Å². The number of esters is 1. The van der Waals surface area contributed by atoms with Crippen molar-refractivity contribution in [1.82, 2.24) is 0 Å². The first-order chi connectivity index (χ1) is 10.6. The molecule has 0 amide bonds. The zero-order valence-electron chi connectivity index (χ0n) is 13.6. The Bertz CT molecular complexity index is 553. The molecule has 0 unspecified atom stereocenters. The molecule has 9 heteroatoms. The van der Waals surface area contributed by atoms with E-state index in [2.05, 4.69) is 4.74 Å². The predicted molar refractivity (Wildman–Crippen MR) is 84.5 cm³/mol. The fourth-order valence-corrected chi connectivity index (χ4v) is 3.33. The monoisotopic (exact) mass is 370 g/mol. The number of aliphatic hydroxyl groups excluding tert-OH is 1. The fraction of sp³-hybridized carbons (Fsp3) is 0.786. The lowest BCUT2D eigenvalue weighted by Crippen LogP contribution is -2.48. The van der Waals surface area contributed by atoms with Crippen molar-refractivity contribution in [1.29, 1.82) is 0 Å². The molecule has 0 fully saturated rings. The maximum absolute atomic E-state index is 11.8. The van der Waals surface area contributed by atoms with Crippen molar-refractivity contribution in [3.8, 4) is 0 Å². The highest BCUT2D eigenvalue weighted by molar-refractivity contribution is 7.86. The third-order valence-corrected chi connectivity index (χ3v) is 4.67. The normalized spacial score (nSPS) is 25.8. The summed E-state index contributed by atoms with van der Waals surface area (Å²) in [6.45, 7) is 3.82. The Hall–Kier alpha value is -0.670. The third kappa shape index (κ3) is 5.42. The number of hydrogen-bond acceptors (Lipinski definition) is 7. The highest BCUT2D eigenvalue weighted by Gasteiger charge is 2.43.